The Morgan fingerprint density at radius 2 is 2.00 bits per heavy atom. The number of carboxylic acid groups (broad SMARTS) is 1. The van der Waals surface area contributed by atoms with E-state index < -0.39 is 27.9 Å². The summed E-state index contributed by atoms with van der Waals surface area (Å²) in [6.07, 6.45) is -1.75. The molecule has 1 atom stereocenters. The van der Waals surface area contributed by atoms with Crippen molar-refractivity contribution >= 4 is 16.4 Å². The number of rotatable bonds is 0. The lowest BCUT2D eigenvalue weighted by Crippen LogP contribution is -2.51. The van der Waals surface area contributed by atoms with Gasteiger partial charge in [0.25, 0.3) is 0 Å². The Balaban J connectivity index is 3.09. The molecule has 1 unspecified atom stereocenters. The first-order chi connectivity index (χ1) is 6.16. The summed E-state index contributed by atoms with van der Waals surface area (Å²) in [6, 6.07) is -0.725. The van der Waals surface area contributed by atoms with E-state index in [1.165, 1.54) is 0 Å². The molecule has 0 bridgehead atoms. The molecule has 1 aliphatic rings. The van der Waals surface area contributed by atoms with E-state index in [-0.39, 0.29) is 10.9 Å². The molecule has 1 saturated heterocycles. The molecule has 14 heavy (non-hydrogen) atoms. The number of hydrogen-bond acceptors (Lipinski definition) is 5. The SMILES string of the molecule is CC(C)(C)C1COS(=O)(=O)N1C(=O)[O-]. The van der Waals surface area contributed by atoms with Gasteiger partial charge in [0.1, 0.15) is 0 Å². The van der Waals surface area contributed by atoms with Crippen LogP contribution in [0.1, 0.15) is 20.8 Å². The first-order valence-corrected chi connectivity index (χ1v) is 5.42. The smallest absolute Gasteiger partial charge is 0.363 e. The first kappa shape index (κ1) is 11.3. The van der Waals surface area contributed by atoms with E-state index in [9.17, 15) is 18.3 Å². The Hall–Kier alpha value is -0.820. The zero-order valence-corrected chi connectivity index (χ0v) is 9.00. The Bertz CT molecular complexity index is 342. The molecule has 6 nitrogen and oxygen atoms in total. The van der Waals surface area contributed by atoms with Gasteiger partial charge in [-0.1, -0.05) is 20.8 Å². The first-order valence-electron chi connectivity index (χ1n) is 4.06. The summed E-state index contributed by atoms with van der Waals surface area (Å²) in [5.74, 6) is 0. The molecule has 7 heteroatoms. The van der Waals surface area contributed by atoms with Crippen LogP contribution < -0.4 is 5.11 Å². The Morgan fingerprint density at radius 3 is 2.29 bits per heavy atom. The molecule has 1 amide bonds. The minimum atomic E-state index is -4.15. The van der Waals surface area contributed by atoms with E-state index in [1.54, 1.807) is 20.8 Å². The van der Waals surface area contributed by atoms with Crippen LogP contribution in [0, 0.1) is 5.41 Å². The number of carbonyl (C=O) groups excluding carboxylic acids is 1. The third-order valence-electron chi connectivity index (χ3n) is 2.08. The molecule has 0 aliphatic carbocycles. The lowest BCUT2D eigenvalue weighted by molar-refractivity contribution is -0.261. The van der Waals surface area contributed by atoms with Crippen LogP contribution in [-0.2, 0) is 14.5 Å². The van der Waals surface area contributed by atoms with Gasteiger partial charge in [0.15, 0.2) is 6.09 Å². The van der Waals surface area contributed by atoms with Gasteiger partial charge in [-0.3, -0.25) is 4.18 Å². The van der Waals surface area contributed by atoms with Crippen LogP contribution in [0.5, 0.6) is 0 Å². The molecule has 1 aliphatic heterocycles. The lowest BCUT2D eigenvalue weighted by atomic mass is 9.87. The lowest BCUT2D eigenvalue weighted by Gasteiger charge is -2.32. The highest BCUT2D eigenvalue weighted by molar-refractivity contribution is 7.85. The average Bonchev–Trinajstić information content (AvgIpc) is 2.23. The largest absolute Gasteiger partial charge is 0.529 e. The summed E-state index contributed by atoms with van der Waals surface area (Å²) in [5, 5.41) is 10.6. The average molecular weight is 222 g/mol. The van der Waals surface area contributed by atoms with Crippen LogP contribution >= 0.6 is 0 Å². The summed E-state index contributed by atoms with van der Waals surface area (Å²) >= 11 is 0. The molecule has 0 saturated carbocycles. The monoisotopic (exact) mass is 222 g/mol. The summed E-state index contributed by atoms with van der Waals surface area (Å²) in [6.45, 7) is 5.05. The van der Waals surface area contributed by atoms with Crippen LogP contribution in [0.25, 0.3) is 0 Å². The maximum atomic E-state index is 11.1. The van der Waals surface area contributed by atoms with Crippen molar-refractivity contribution in [2.75, 3.05) is 6.61 Å². The minimum absolute atomic E-state index is 0.153. The van der Waals surface area contributed by atoms with Crippen LogP contribution in [0.2, 0.25) is 0 Å². The van der Waals surface area contributed by atoms with E-state index in [4.69, 9.17) is 0 Å². The normalized spacial score (nSPS) is 26.5. The second-order valence-electron chi connectivity index (χ2n) is 4.19. The quantitative estimate of drug-likeness (QED) is 0.542. The van der Waals surface area contributed by atoms with Gasteiger partial charge in [-0.15, -0.1) is 0 Å². The molecule has 1 fully saturated rings. The van der Waals surface area contributed by atoms with E-state index in [2.05, 4.69) is 4.18 Å². The van der Waals surface area contributed by atoms with Crippen molar-refractivity contribution in [2.24, 2.45) is 5.41 Å². The molecule has 0 N–H and O–H groups in total. The van der Waals surface area contributed by atoms with Gasteiger partial charge in [0, 0.05) is 0 Å². The maximum absolute atomic E-state index is 11.1. The molecule has 0 radical (unpaired) electrons. The summed E-state index contributed by atoms with van der Waals surface area (Å²) in [5.41, 5.74) is -0.510. The van der Waals surface area contributed by atoms with Crippen molar-refractivity contribution < 1.29 is 22.5 Å². The zero-order chi connectivity index (χ0) is 11.1. The number of amides is 1. The summed E-state index contributed by atoms with van der Waals surface area (Å²) in [4.78, 5) is 10.6. The van der Waals surface area contributed by atoms with Gasteiger partial charge in [-0.05, 0) is 5.41 Å². The van der Waals surface area contributed by atoms with Gasteiger partial charge in [0.2, 0.25) is 0 Å². The molecular formula is C7H12NO5S-. The fourth-order valence-electron chi connectivity index (χ4n) is 1.25. The molecule has 0 aromatic rings. The van der Waals surface area contributed by atoms with Gasteiger partial charge >= 0.3 is 10.3 Å². The summed E-state index contributed by atoms with van der Waals surface area (Å²) < 4.78 is 27.0. The second kappa shape index (κ2) is 3.09. The molecule has 0 spiro atoms. The molecule has 1 heterocycles. The predicted molar refractivity (Wildman–Crippen MR) is 45.3 cm³/mol. The number of hydrogen-bond donors (Lipinski definition) is 0. The van der Waals surface area contributed by atoms with Crippen molar-refractivity contribution in [3.05, 3.63) is 0 Å². The molecule has 0 aromatic carbocycles. The van der Waals surface area contributed by atoms with E-state index in [0.717, 1.165) is 0 Å². The highest BCUT2D eigenvalue weighted by Gasteiger charge is 2.44. The van der Waals surface area contributed by atoms with Gasteiger partial charge in [-0.25, -0.2) is 4.31 Å². The Kier molecular flexibility index (Phi) is 2.49. The standard InChI is InChI=1S/C7H13NO5S/c1-7(2,3)5-4-13-14(11,12)8(5)6(9)10/h5H,4H2,1-3H3,(H,9,10)/p-1. The Morgan fingerprint density at radius 1 is 1.50 bits per heavy atom. The Labute approximate surface area is 82.7 Å². The van der Waals surface area contributed by atoms with E-state index in [0.29, 0.717) is 0 Å². The van der Waals surface area contributed by atoms with E-state index in [1.807, 2.05) is 0 Å². The number of carbonyl (C=O) groups is 1. The maximum Gasteiger partial charge on any atom is 0.363 e. The fourth-order valence-corrected chi connectivity index (χ4v) is 2.54. The topological polar surface area (TPSA) is 86.7 Å². The number of nitrogens with zero attached hydrogens (tertiary/aromatic N) is 1. The molecule has 1 rings (SSSR count). The van der Waals surface area contributed by atoms with E-state index >= 15 is 0 Å². The van der Waals surface area contributed by atoms with Crippen molar-refractivity contribution in [3.8, 4) is 0 Å². The highest BCUT2D eigenvalue weighted by Crippen LogP contribution is 2.31. The van der Waals surface area contributed by atoms with Gasteiger partial charge < -0.3 is 9.90 Å². The van der Waals surface area contributed by atoms with Gasteiger partial charge in [0.05, 0.1) is 12.6 Å². The molecular weight excluding hydrogens is 210 g/mol. The van der Waals surface area contributed by atoms with Crippen molar-refractivity contribution in [1.29, 1.82) is 0 Å². The fraction of sp³-hybridized carbons (Fsp3) is 0.857. The highest BCUT2D eigenvalue weighted by atomic mass is 32.2. The molecule has 82 valence electrons. The van der Waals surface area contributed by atoms with Gasteiger partial charge in [-0.2, -0.15) is 8.42 Å². The van der Waals surface area contributed by atoms with Crippen molar-refractivity contribution in [2.45, 2.75) is 26.8 Å². The van der Waals surface area contributed by atoms with Crippen molar-refractivity contribution in [1.82, 2.24) is 4.31 Å². The van der Waals surface area contributed by atoms with Crippen LogP contribution in [0.15, 0.2) is 0 Å². The van der Waals surface area contributed by atoms with Crippen LogP contribution in [0.4, 0.5) is 4.79 Å². The zero-order valence-electron chi connectivity index (χ0n) is 8.18. The van der Waals surface area contributed by atoms with Crippen molar-refractivity contribution in [3.63, 3.8) is 0 Å². The predicted octanol–water partition coefficient (Wildman–Crippen LogP) is -0.679. The minimum Gasteiger partial charge on any atom is -0.529 e. The third-order valence-corrected chi connectivity index (χ3v) is 3.40. The summed E-state index contributed by atoms with van der Waals surface area (Å²) in [7, 11) is -4.15. The second-order valence-corrected chi connectivity index (χ2v) is 5.67. The van der Waals surface area contributed by atoms with Crippen LogP contribution in [-0.4, -0.2) is 31.5 Å². The van der Waals surface area contributed by atoms with Crippen LogP contribution in [0.3, 0.4) is 0 Å². The third kappa shape index (κ3) is 1.83. The molecule has 0 aromatic heterocycles.